The molecule has 144 valence electrons. The maximum Gasteiger partial charge on any atom is 0.235 e. The third kappa shape index (κ3) is 5.14. The van der Waals surface area contributed by atoms with Gasteiger partial charge in [0, 0.05) is 42.8 Å². The monoisotopic (exact) mass is 389 g/mol. The second-order valence-electron chi connectivity index (χ2n) is 6.86. The zero-order valence-electron chi connectivity index (χ0n) is 14.9. The number of carbonyl (C=O) groups excluding carboxylic acids is 2. The molecule has 1 saturated carbocycles. The van der Waals surface area contributed by atoms with Gasteiger partial charge in [0.2, 0.25) is 5.91 Å². The predicted molar refractivity (Wildman–Crippen MR) is 94.9 cm³/mol. The van der Waals surface area contributed by atoms with Gasteiger partial charge in [0.05, 0.1) is 6.54 Å². The van der Waals surface area contributed by atoms with E-state index in [2.05, 4.69) is 5.32 Å². The minimum absolute atomic E-state index is 0.00621. The summed E-state index contributed by atoms with van der Waals surface area (Å²) in [5.74, 6) is -3.27. The van der Waals surface area contributed by atoms with Crippen LogP contribution >= 0.6 is 12.1 Å². The average Bonchev–Trinajstić information content (AvgIpc) is 2.87. The molecular weight excluding hydrogens is 367 g/mol. The van der Waals surface area contributed by atoms with Crippen molar-refractivity contribution in [2.45, 2.75) is 32.2 Å². The van der Waals surface area contributed by atoms with Gasteiger partial charge < -0.3 is 14.4 Å². The quantitative estimate of drug-likeness (QED) is 0.574. The second-order valence-corrected chi connectivity index (χ2v) is 8.20. The van der Waals surface area contributed by atoms with Crippen molar-refractivity contribution in [1.82, 2.24) is 9.62 Å². The Morgan fingerprint density at radius 2 is 1.96 bits per heavy atom. The number of aldehydes is 1. The summed E-state index contributed by atoms with van der Waals surface area (Å²) >= 11 is 0.925. The molecular formula is C17H22F3N3O2S. The predicted octanol–water partition coefficient (Wildman–Crippen LogP) is 2.91. The first-order valence-corrected chi connectivity index (χ1v) is 8.90. The van der Waals surface area contributed by atoms with Gasteiger partial charge in [0.1, 0.15) is 17.8 Å². The number of hydrogen-bond donors (Lipinski definition) is 1. The number of amides is 1. The molecule has 1 amide bonds. The Morgan fingerprint density at radius 1 is 1.35 bits per heavy atom. The van der Waals surface area contributed by atoms with E-state index in [0.29, 0.717) is 18.6 Å². The molecule has 0 heterocycles. The summed E-state index contributed by atoms with van der Waals surface area (Å²) in [4.78, 5) is 23.2. The molecule has 0 saturated heterocycles. The minimum atomic E-state index is -1.02. The highest BCUT2D eigenvalue weighted by atomic mass is 32.2. The van der Waals surface area contributed by atoms with E-state index >= 15 is 0 Å². The molecule has 2 atom stereocenters. The Balaban J connectivity index is 1.87. The fourth-order valence-electron chi connectivity index (χ4n) is 3.09. The molecule has 1 aliphatic carbocycles. The van der Waals surface area contributed by atoms with Crippen molar-refractivity contribution >= 4 is 30.0 Å². The first-order chi connectivity index (χ1) is 12.1. The largest absolute Gasteiger partial charge is 0.352 e. The number of halogens is 3. The minimum Gasteiger partial charge on any atom is -0.352 e. The second kappa shape index (κ2) is 8.30. The van der Waals surface area contributed by atoms with Gasteiger partial charge in [-0.3, -0.25) is 4.79 Å². The number of nitrogens with one attached hydrogen (secondary N) is 1. The van der Waals surface area contributed by atoms with E-state index in [1.807, 2.05) is 6.92 Å². The van der Waals surface area contributed by atoms with E-state index < -0.39 is 22.9 Å². The third-order valence-electron chi connectivity index (χ3n) is 4.35. The highest BCUT2D eigenvalue weighted by molar-refractivity contribution is 7.98. The molecule has 0 radical (unpaired) electrons. The Hall–Kier alpha value is -1.74. The lowest BCUT2D eigenvalue weighted by atomic mass is 9.91. The summed E-state index contributed by atoms with van der Waals surface area (Å²) in [5.41, 5.74) is -0.780. The summed E-state index contributed by atoms with van der Waals surface area (Å²) in [6, 6.07) is 1.15. The zero-order chi connectivity index (χ0) is 19.5. The standard InChI is InChI=1S/C17H22F3N3O2S/c1-17(10-24)5-4-12(8-17)21-15(25)9-22(2)26-23(3)16-13(19)6-11(18)7-14(16)20/h6-7,10,12H,4-5,8-9H2,1-3H3,(H,21,25). The van der Waals surface area contributed by atoms with E-state index in [1.54, 1.807) is 7.05 Å². The Morgan fingerprint density at radius 3 is 2.50 bits per heavy atom. The van der Waals surface area contributed by atoms with Gasteiger partial charge in [0.25, 0.3) is 0 Å². The number of rotatable bonds is 7. The SMILES string of the molecule is CN(CC(=O)NC1CCC(C)(C=O)C1)SN(C)c1c(F)cc(F)cc1F. The Bertz CT molecular complexity index is 668. The van der Waals surface area contributed by atoms with Crippen LogP contribution in [0.3, 0.4) is 0 Å². The smallest absolute Gasteiger partial charge is 0.235 e. The molecule has 0 bridgehead atoms. The van der Waals surface area contributed by atoms with Gasteiger partial charge in [-0.15, -0.1) is 0 Å². The van der Waals surface area contributed by atoms with E-state index in [-0.39, 0.29) is 24.2 Å². The van der Waals surface area contributed by atoms with Crippen molar-refractivity contribution in [3.8, 4) is 0 Å². The van der Waals surface area contributed by atoms with E-state index in [4.69, 9.17) is 0 Å². The van der Waals surface area contributed by atoms with E-state index in [9.17, 15) is 22.8 Å². The molecule has 1 fully saturated rings. The maximum atomic E-state index is 13.8. The number of anilines is 1. The molecule has 2 unspecified atom stereocenters. The van der Waals surface area contributed by atoms with Crippen molar-refractivity contribution in [2.75, 3.05) is 24.9 Å². The molecule has 5 nitrogen and oxygen atoms in total. The van der Waals surface area contributed by atoms with Crippen LogP contribution in [0.5, 0.6) is 0 Å². The van der Waals surface area contributed by atoms with Crippen molar-refractivity contribution in [3.05, 3.63) is 29.6 Å². The van der Waals surface area contributed by atoms with Crippen molar-refractivity contribution in [1.29, 1.82) is 0 Å². The van der Waals surface area contributed by atoms with Crippen LogP contribution in [0.1, 0.15) is 26.2 Å². The van der Waals surface area contributed by atoms with Crippen molar-refractivity contribution in [2.24, 2.45) is 5.41 Å². The average molecular weight is 389 g/mol. The molecule has 1 aromatic rings. The van der Waals surface area contributed by atoms with Crippen LogP contribution in [0.2, 0.25) is 0 Å². The number of hydrogen-bond acceptors (Lipinski definition) is 5. The molecule has 1 N–H and O–H groups in total. The maximum absolute atomic E-state index is 13.8. The summed E-state index contributed by atoms with van der Waals surface area (Å²) in [5, 5.41) is 2.87. The normalized spacial score (nSPS) is 22.5. The molecule has 1 aromatic carbocycles. The lowest BCUT2D eigenvalue weighted by Crippen LogP contribution is -2.39. The molecule has 0 aromatic heterocycles. The van der Waals surface area contributed by atoms with Gasteiger partial charge in [-0.2, -0.15) is 0 Å². The molecule has 26 heavy (non-hydrogen) atoms. The lowest BCUT2D eigenvalue weighted by Gasteiger charge is -2.25. The van der Waals surface area contributed by atoms with Gasteiger partial charge in [-0.25, -0.2) is 17.5 Å². The van der Waals surface area contributed by atoms with E-state index in [0.717, 1.165) is 31.3 Å². The lowest BCUT2D eigenvalue weighted by molar-refractivity contribution is -0.122. The van der Waals surface area contributed by atoms with Crippen molar-refractivity contribution in [3.63, 3.8) is 0 Å². The van der Waals surface area contributed by atoms with Crippen LogP contribution in [0, 0.1) is 22.9 Å². The highest BCUT2D eigenvalue weighted by Crippen LogP contribution is 2.35. The number of nitrogens with zero attached hydrogens (tertiary/aromatic N) is 2. The van der Waals surface area contributed by atoms with E-state index in [1.165, 1.54) is 15.7 Å². The van der Waals surface area contributed by atoms with Crippen LogP contribution in [0.25, 0.3) is 0 Å². The molecule has 0 spiro atoms. The summed E-state index contributed by atoms with van der Waals surface area (Å²) in [7, 11) is 3.02. The van der Waals surface area contributed by atoms with Crippen LogP contribution in [0.15, 0.2) is 12.1 Å². The number of likely N-dealkylation sites (N-methyl/N-ethyl adjacent to an activating group) is 1. The highest BCUT2D eigenvalue weighted by Gasteiger charge is 2.35. The van der Waals surface area contributed by atoms with Gasteiger partial charge >= 0.3 is 0 Å². The van der Waals surface area contributed by atoms with Gasteiger partial charge in [-0.05, 0) is 26.3 Å². The Kier molecular flexibility index (Phi) is 6.57. The Labute approximate surface area is 155 Å². The summed E-state index contributed by atoms with van der Waals surface area (Å²) < 4.78 is 43.3. The summed E-state index contributed by atoms with van der Waals surface area (Å²) in [6.45, 7) is 1.86. The van der Waals surface area contributed by atoms with Crippen LogP contribution in [-0.2, 0) is 9.59 Å². The van der Waals surface area contributed by atoms with Gasteiger partial charge in [0.15, 0.2) is 11.6 Å². The van der Waals surface area contributed by atoms with Crippen LogP contribution in [0.4, 0.5) is 18.9 Å². The van der Waals surface area contributed by atoms with Crippen molar-refractivity contribution < 1.29 is 22.8 Å². The molecule has 2 rings (SSSR count). The fourth-order valence-corrected chi connectivity index (χ4v) is 3.94. The number of benzene rings is 1. The molecule has 0 aliphatic heterocycles. The van der Waals surface area contributed by atoms with Crippen LogP contribution < -0.4 is 9.62 Å². The van der Waals surface area contributed by atoms with Gasteiger partial charge in [-0.1, -0.05) is 6.92 Å². The number of carbonyl (C=O) groups is 2. The van der Waals surface area contributed by atoms with Crippen LogP contribution in [-0.4, -0.2) is 43.2 Å². The molecule has 9 heteroatoms. The zero-order valence-corrected chi connectivity index (χ0v) is 15.7. The first kappa shape index (κ1) is 20.6. The topological polar surface area (TPSA) is 52.7 Å². The summed E-state index contributed by atoms with van der Waals surface area (Å²) in [6.07, 6.45) is 3.01. The molecule has 1 aliphatic rings. The third-order valence-corrected chi connectivity index (χ3v) is 5.19. The first-order valence-electron chi connectivity index (χ1n) is 8.17. The fraction of sp³-hybridized carbons (Fsp3) is 0.529.